The van der Waals surface area contributed by atoms with Gasteiger partial charge in [0.2, 0.25) is 0 Å². The predicted molar refractivity (Wildman–Crippen MR) is 40.0 cm³/mol. The van der Waals surface area contributed by atoms with Gasteiger partial charge in [-0.1, -0.05) is 6.42 Å². The maximum atomic E-state index is 11.0. The summed E-state index contributed by atoms with van der Waals surface area (Å²) in [4.78, 5) is 11.0. The van der Waals surface area contributed by atoms with Crippen LogP contribution >= 0.6 is 0 Å². The van der Waals surface area contributed by atoms with Gasteiger partial charge in [-0.2, -0.15) is 0 Å². The highest BCUT2D eigenvalue weighted by Gasteiger charge is 2.26. The van der Waals surface area contributed by atoms with Gasteiger partial charge in [0.05, 0.1) is 19.1 Å². The van der Waals surface area contributed by atoms with Crippen LogP contribution in [0.4, 0.5) is 0 Å². The van der Waals surface area contributed by atoms with E-state index in [1.54, 1.807) is 0 Å². The molecule has 0 amide bonds. The van der Waals surface area contributed by atoms with Crippen molar-refractivity contribution >= 4 is 5.97 Å². The zero-order valence-corrected chi connectivity index (χ0v) is 6.75. The average molecular weight is 158 g/mol. The van der Waals surface area contributed by atoms with E-state index in [2.05, 4.69) is 4.74 Å². The van der Waals surface area contributed by atoms with Gasteiger partial charge in [0.25, 0.3) is 0 Å². The van der Waals surface area contributed by atoms with Crippen LogP contribution in [0.25, 0.3) is 0 Å². The number of aliphatic hydroxyl groups excluding tert-OH is 1. The van der Waals surface area contributed by atoms with Gasteiger partial charge in [-0.05, 0) is 19.3 Å². The van der Waals surface area contributed by atoms with Crippen LogP contribution in [0.3, 0.4) is 0 Å². The standard InChI is InChI=1S/C8H14O3/c1-11-8(10)6-3-2-4-7(9)5-6/h6-7,9H,2-5H2,1H3/t6-,7?/m0/s1. The minimum atomic E-state index is -0.298. The van der Waals surface area contributed by atoms with Crippen LogP contribution in [0.2, 0.25) is 0 Å². The molecule has 0 aliphatic heterocycles. The molecule has 0 bridgehead atoms. The lowest BCUT2D eigenvalue weighted by molar-refractivity contribution is -0.147. The van der Waals surface area contributed by atoms with Crippen LogP contribution in [0, 0.1) is 5.92 Å². The van der Waals surface area contributed by atoms with Crippen molar-refractivity contribution < 1.29 is 14.6 Å². The molecule has 0 saturated heterocycles. The van der Waals surface area contributed by atoms with Gasteiger partial charge in [0.15, 0.2) is 0 Å². The molecule has 1 fully saturated rings. The third-order valence-electron chi connectivity index (χ3n) is 2.18. The molecule has 0 spiro atoms. The average Bonchev–Trinajstić information content (AvgIpc) is 2.03. The lowest BCUT2D eigenvalue weighted by Crippen LogP contribution is -2.26. The van der Waals surface area contributed by atoms with Crippen LogP contribution in [0.5, 0.6) is 0 Å². The zero-order valence-electron chi connectivity index (χ0n) is 6.75. The number of carbonyl (C=O) groups excluding carboxylic acids is 1. The first-order valence-corrected chi connectivity index (χ1v) is 4.00. The first-order chi connectivity index (χ1) is 5.24. The second-order valence-corrected chi connectivity index (χ2v) is 3.04. The maximum Gasteiger partial charge on any atom is 0.308 e. The Bertz CT molecular complexity index is 144. The Labute approximate surface area is 66.4 Å². The van der Waals surface area contributed by atoms with E-state index < -0.39 is 0 Å². The molecular weight excluding hydrogens is 144 g/mol. The summed E-state index contributed by atoms with van der Waals surface area (Å²) in [5.41, 5.74) is 0. The fraction of sp³-hybridized carbons (Fsp3) is 0.875. The van der Waals surface area contributed by atoms with Crippen molar-refractivity contribution in [1.29, 1.82) is 0 Å². The van der Waals surface area contributed by atoms with Gasteiger partial charge in [0, 0.05) is 0 Å². The Morgan fingerprint density at radius 2 is 2.27 bits per heavy atom. The number of ether oxygens (including phenoxy) is 1. The molecule has 1 aliphatic rings. The Kier molecular flexibility index (Phi) is 2.88. The second-order valence-electron chi connectivity index (χ2n) is 3.04. The summed E-state index contributed by atoms with van der Waals surface area (Å²) in [7, 11) is 1.39. The van der Waals surface area contributed by atoms with Gasteiger partial charge < -0.3 is 9.84 Å². The normalized spacial score (nSPS) is 31.5. The molecule has 2 atom stereocenters. The van der Waals surface area contributed by atoms with Gasteiger partial charge in [0.1, 0.15) is 0 Å². The maximum absolute atomic E-state index is 11.0. The number of aliphatic hydroxyl groups is 1. The highest BCUT2D eigenvalue weighted by molar-refractivity contribution is 5.72. The zero-order chi connectivity index (χ0) is 8.27. The second kappa shape index (κ2) is 3.72. The molecule has 11 heavy (non-hydrogen) atoms. The Morgan fingerprint density at radius 3 is 2.82 bits per heavy atom. The Morgan fingerprint density at radius 1 is 1.55 bits per heavy atom. The van der Waals surface area contributed by atoms with Crippen LogP contribution in [-0.4, -0.2) is 24.3 Å². The predicted octanol–water partition coefficient (Wildman–Crippen LogP) is 0.710. The Balaban J connectivity index is 2.39. The first kappa shape index (κ1) is 8.53. The van der Waals surface area contributed by atoms with Crippen LogP contribution in [0.15, 0.2) is 0 Å². The van der Waals surface area contributed by atoms with Crippen LogP contribution in [0.1, 0.15) is 25.7 Å². The minimum Gasteiger partial charge on any atom is -0.469 e. The fourth-order valence-corrected chi connectivity index (χ4v) is 1.54. The number of rotatable bonds is 1. The monoisotopic (exact) mass is 158 g/mol. The Hall–Kier alpha value is -0.570. The molecular formula is C8H14O3. The van der Waals surface area contributed by atoms with E-state index in [1.807, 2.05) is 0 Å². The third kappa shape index (κ3) is 2.19. The summed E-state index contributed by atoms with van der Waals surface area (Å²) in [5.74, 6) is -0.243. The van der Waals surface area contributed by atoms with E-state index in [0.29, 0.717) is 6.42 Å². The van der Waals surface area contributed by atoms with E-state index in [0.717, 1.165) is 19.3 Å². The highest BCUT2D eigenvalue weighted by atomic mass is 16.5. The lowest BCUT2D eigenvalue weighted by atomic mass is 9.87. The van der Waals surface area contributed by atoms with E-state index in [9.17, 15) is 9.90 Å². The number of hydrogen-bond acceptors (Lipinski definition) is 3. The SMILES string of the molecule is COC(=O)[C@H]1CCCC(O)C1. The van der Waals surface area contributed by atoms with Gasteiger partial charge >= 0.3 is 5.97 Å². The molecule has 0 aromatic heterocycles. The van der Waals surface area contributed by atoms with E-state index in [1.165, 1.54) is 7.11 Å². The summed E-state index contributed by atoms with van der Waals surface area (Å²) < 4.78 is 4.59. The first-order valence-electron chi connectivity index (χ1n) is 4.00. The molecule has 0 heterocycles. The summed E-state index contributed by atoms with van der Waals surface area (Å²) in [5, 5.41) is 9.22. The molecule has 3 heteroatoms. The number of esters is 1. The summed E-state index contributed by atoms with van der Waals surface area (Å²) in [6, 6.07) is 0. The van der Waals surface area contributed by atoms with Gasteiger partial charge in [-0.25, -0.2) is 0 Å². The molecule has 1 rings (SSSR count). The van der Waals surface area contributed by atoms with Crippen molar-refractivity contribution in [2.45, 2.75) is 31.8 Å². The van der Waals surface area contributed by atoms with Crippen LogP contribution < -0.4 is 0 Å². The van der Waals surface area contributed by atoms with Gasteiger partial charge in [-0.15, -0.1) is 0 Å². The van der Waals surface area contributed by atoms with Crippen molar-refractivity contribution in [3.63, 3.8) is 0 Å². The molecule has 0 aromatic carbocycles. The summed E-state index contributed by atoms with van der Waals surface area (Å²) >= 11 is 0. The molecule has 0 aromatic rings. The van der Waals surface area contributed by atoms with Crippen molar-refractivity contribution in [1.82, 2.24) is 0 Å². The van der Waals surface area contributed by atoms with Crippen molar-refractivity contribution in [3.8, 4) is 0 Å². The van der Waals surface area contributed by atoms with Crippen LogP contribution in [-0.2, 0) is 9.53 Å². The molecule has 0 radical (unpaired) electrons. The van der Waals surface area contributed by atoms with Gasteiger partial charge in [-0.3, -0.25) is 4.79 Å². The largest absolute Gasteiger partial charge is 0.469 e. The molecule has 1 unspecified atom stereocenters. The molecule has 1 N–H and O–H groups in total. The molecule has 3 nitrogen and oxygen atoms in total. The molecule has 1 aliphatic carbocycles. The molecule has 64 valence electrons. The van der Waals surface area contributed by atoms with Crippen molar-refractivity contribution in [2.75, 3.05) is 7.11 Å². The van der Waals surface area contributed by atoms with E-state index in [4.69, 9.17) is 0 Å². The number of carbonyl (C=O) groups is 1. The smallest absolute Gasteiger partial charge is 0.308 e. The number of methoxy groups -OCH3 is 1. The summed E-state index contributed by atoms with van der Waals surface area (Å²) in [6.07, 6.45) is 2.90. The highest BCUT2D eigenvalue weighted by Crippen LogP contribution is 2.24. The summed E-state index contributed by atoms with van der Waals surface area (Å²) in [6.45, 7) is 0. The van der Waals surface area contributed by atoms with E-state index in [-0.39, 0.29) is 18.0 Å². The fourth-order valence-electron chi connectivity index (χ4n) is 1.54. The van der Waals surface area contributed by atoms with Crippen molar-refractivity contribution in [2.24, 2.45) is 5.92 Å². The lowest BCUT2D eigenvalue weighted by Gasteiger charge is -2.23. The quantitative estimate of drug-likeness (QED) is 0.572. The van der Waals surface area contributed by atoms with E-state index >= 15 is 0 Å². The molecule has 1 saturated carbocycles. The number of hydrogen-bond donors (Lipinski definition) is 1. The third-order valence-corrected chi connectivity index (χ3v) is 2.18. The van der Waals surface area contributed by atoms with Crippen molar-refractivity contribution in [3.05, 3.63) is 0 Å². The minimum absolute atomic E-state index is 0.0660. The topological polar surface area (TPSA) is 46.5 Å².